The van der Waals surface area contributed by atoms with Gasteiger partial charge in [-0.05, 0) is 23.5 Å². The molecule has 0 aliphatic rings. The van der Waals surface area contributed by atoms with E-state index >= 15 is 0 Å². The molecule has 4 rings (SSSR count). The van der Waals surface area contributed by atoms with E-state index in [2.05, 4.69) is 66.3 Å². The van der Waals surface area contributed by atoms with Gasteiger partial charge in [0.15, 0.2) is 0 Å². The highest BCUT2D eigenvalue weighted by molar-refractivity contribution is 5.84. The summed E-state index contributed by atoms with van der Waals surface area (Å²) < 4.78 is 0. The topological polar surface area (TPSA) is 51.6 Å². The van der Waals surface area contributed by atoms with Gasteiger partial charge in [-0.15, -0.1) is 0 Å². The van der Waals surface area contributed by atoms with Gasteiger partial charge in [0.2, 0.25) is 0 Å². The summed E-state index contributed by atoms with van der Waals surface area (Å²) in [7, 11) is 0. The van der Waals surface area contributed by atoms with Crippen molar-refractivity contribution in [3.8, 4) is 0 Å². The third-order valence-corrected chi connectivity index (χ3v) is 4.35. The lowest BCUT2D eigenvalue weighted by Gasteiger charge is -2.07. The second kappa shape index (κ2) is 10.5. The third-order valence-electron chi connectivity index (χ3n) is 4.35. The summed E-state index contributed by atoms with van der Waals surface area (Å²) in [6, 6.07) is 16.3. The highest BCUT2D eigenvalue weighted by Gasteiger charge is 2.06. The van der Waals surface area contributed by atoms with Crippen molar-refractivity contribution in [2.24, 2.45) is 0 Å². The third kappa shape index (κ3) is 5.10. The van der Waals surface area contributed by atoms with E-state index < -0.39 is 0 Å². The van der Waals surface area contributed by atoms with E-state index in [0.717, 1.165) is 11.2 Å². The normalized spacial score (nSPS) is 10.2. The fourth-order valence-corrected chi connectivity index (χ4v) is 2.96. The molecule has 2 aromatic carbocycles. The molecule has 148 valence electrons. The number of rotatable bonds is 2. The Kier molecular flexibility index (Phi) is 8.65. The van der Waals surface area contributed by atoms with E-state index in [4.69, 9.17) is 0 Å². The number of fused-ring (bicyclic) bond motifs is 2. The predicted octanol–water partition coefficient (Wildman–Crippen LogP) is 6.78. The standard InChI is InChI=1S/2C11H12N2.2CH4/c1-8(2)10-7-12-13-11-6-4-3-5-9(10)11;1-8(2)11-10-6-4-3-5-9(10)7-12-13-11;;/h2*3-8H,1-2H3;2*1H4. The minimum Gasteiger partial charge on any atom is -0.158 e. The van der Waals surface area contributed by atoms with Crippen LogP contribution >= 0.6 is 0 Å². The van der Waals surface area contributed by atoms with Gasteiger partial charge >= 0.3 is 0 Å². The largest absolute Gasteiger partial charge is 0.158 e. The van der Waals surface area contributed by atoms with Gasteiger partial charge in [0, 0.05) is 16.2 Å². The first kappa shape index (κ1) is 23.2. The van der Waals surface area contributed by atoms with Gasteiger partial charge in [0.05, 0.1) is 23.6 Å². The molecule has 0 aliphatic carbocycles. The fourth-order valence-electron chi connectivity index (χ4n) is 2.96. The average Bonchev–Trinajstić information content (AvgIpc) is 2.67. The molecule has 0 radical (unpaired) electrons. The van der Waals surface area contributed by atoms with Crippen LogP contribution in [-0.2, 0) is 0 Å². The molecule has 0 saturated carbocycles. The van der Waals surface area contributed by atoms with Crippen LogP contribution in [0.15, 0.2) is 60.9 Å². The van der Waals surface area contributed by atoms with Gasteiger partial charge in [0.1, 0.15) is 0 Å². The molecule has 2 heterocycles. The molecular formula is C24H32N4. The van der Waals surface area contributed by atoms with Crippen molar-refractivity contribution in [1.29, 1.82) is 0 Å². The van der Waals surface area contributed by atoms with E-state index in [1.807, 2.05) is 36.5 Å². The molecule has 0 bridgehead atoms. The fraction of sp³-hybridized carbons (Fsp3) is 0.333. The molecule has 0 N–H and O–H groups in total. The lowest BCUT2D eigenvalue weighted by atomic mass is 10.0. The quantitative estimate of drug-likeness (QED) is 0.387. The molecule has 4 heteroatoms. The molecular weight excluding hydrogens is 344 g/mol. The zero-order valence-corrected chi connectivity index (χ0v) is 15.7. The Morgan fingerprint density at radius 1 is 0.643 bits per heavy atom. The van der Waals surface area contributed by atoms with Crippen LogP contribution in [0.4, 0.5) is 0 Å². The van der Waals surface area contributed by atoms with E-state index in [1.165, 1.54) is 21.7 Å². The molecule has 2 aromatic heterocycles. The SMILES string of the molecule is C.C.CC(C)c1cnnc2ccccc12.CC(C)c1nncc2ccccc12. The molecule has 0 unspecified atom stereocenters. The summed E-state index contributed by atoms with van der Waals surface area (Å²) in [6.07, 6.45) is 3.66. The average molecular weight is 377 g/mol. The van der Waals surface area contributed by atoms with E-state index in [-0.39, 0.29) is 14.9 Å². The molecule has 0 amide bonds. The lowest BCUT2D eigenvalue weighted by Crippen LogP contribution is -1.95. The van der Waals surface area contributed by atoms with Gasteiger partial charge in [0.25, 0.3) is 0 Å². The van der Waals surface area contributed by atoms with Crippen LogP contribution in [-0.4, -0.2) is 20.4 Å². The summed E-state index contributed by atoms with van der Waals surface area (Å²) in [5.74, 6) is 0.930. The Balaban J connectivity index is 0.000000261. The minimum absolute atomic E-state index is 0. The maximum absolute atomic E-state index is 4.16. The van der Waals surface area contributed by atoms with Gasteiger partial charge in [-0.3, -0.25) is 0 Å². The van der Waals surface area contributed by atoms with Crippen molar-refractivity contribution >= 4 is 21.7 Å². The van der Waals surface area contributed by atoms with Gasteiger partial charge in [-0.2, -0.15) is 20.4 Å². The first-order chi connectivity index (χ1) is 12.6. The van der Waals surface area contributed by atoms with Crippen molar-refractivity contribution in [3.05, 3.63) is 72.2 Å². The zero-order valence-electron chi connectivity index (χ0n) is 15.7. The molecule has 0 spiro atoms. The van der Waals surface area contributed by atoms with Crippen LogP contribution in [0, 0.1) is 0 Å². The van der Waals surface area contributed by atoms with E-state index in [9.17, 15) is 0 Å². The summed E-state index contributed by atoms with van der Waals surface area (Å²) >= 11 is 0. The lowest BCUT2D eigenvalue weighted by molar-refractivity contribution is 0.799. The maximum Gasteiger partial charge on any atom is 0.0932 e. The van der Waals surface area contributed by atoms with Crippen LogP contribution in [0.3, 0.4) is 0 Å². The Bertz CT molecular complexity index is 915. The van der Waals surface area contributed by atoms with Gasteiger partial charge in [-0.1, -0.05) is 85.0 Å². The first-order valence-corrected chi connectivity index (χ1v) is 8.98. The first-order valence-electron chi connectivity index (χ1n) is 8.98. The molecule has 0 saturated heterocycles. The Morgan fingerprint density at radius 2 is 1.25 bits per heavy atom. The minimum atomic E-state index is 0. The van der Waals surface area contributed by atoms with Crippen molar-refractivity contribution < 1.29 is 0 Å². The molecule has 4 nitrogen and oxygen atoms in total. The summed E-state index contributed by atoms with van der Waals surface area (Å²) in [6.45, 7) is 8.61. The maximum atomic E-state index is 4.16. The second-order valence-corrected chi connectivity index (χ2v) is 6.94. The number of hydrogen-bond donors (Lipinski definition) is 0. The van der Waals surface area contributed by atoms with Crippen LogP contribution in [0.25, 0.3) is 21.7 Å². The molecule has 4 aromatic rings. The highest BCUT2D eigenvalue weighted by atomic mass is 15.1. The summed E-state index contributed by atoms with van der Waals surface area (Å²) in [5.41, 5.74) is 3.33. The number of aromatic nitrogens is 4. The van der Waals surface area contributed by atoms with Crippen LogP contribution in [0.2, 0.25) is 0 Å². The van der Waals surface area contributed by atoms with E-state index in [0.29, 0.717) is 11.8 Å². The number of nitrogens with zero attached hydrogens (tertiary/aromatic N) is 4. The predicted molar refractivity (Wildman–Crippen MR) is 121 cm³/mol. The Morgan fingerprint density at radius 3 is 1.93 bits per heavy atom. The monoisotopic (exact) mass is 376 g/mol. The van der Waals surface area contributed by atoms with Crippen molar-refractivity contribution in [1.82, 2.24) is 20.4 Å². The van der Waals surface area contributed by atoms with Gasteiger partial charge in [-0.25, -0.2) is 0 Å². The summed E-state index contributed by atoms with van der Waals surface area (Å²) in [4.78, 5) is 0. The number of hydrogen-bond acceptors (Lipinski definition) is 4. The van der Waals surface area contributed by atoms with E-state index in [1.54, 1.807) is 6.20 Å². The smallest absolute Gasteiger partial charge is 0.0932 e. The molecule has 0 atom stereocenters. The van der Waals surface area contributed by atoms with Gasteiger partial charge < -0.3 is 0 Å². The summed E-state index contributed by atoms with van der Waals surface area (Å²) in [5, 5.41) is 19.8. The zero-order chi connectivity index (χ0) is 18.5. The van der Waals surface area contributed by atoms with Crippen molar-refractivity contribution in [2.75, 3.05) is 0 Å². The van der Waals surface area contributed by atoms with Crippen LogP contribution in [0.1, 0.15) is 65.6 Å². The Labute approximate surface area is 169 Å². The van der Waals surface area contributed by atoms with Crippen LogP contribution in [0.5, 0.6) is 0 Å². The van der Waals surface area contributed by atoms with Crippen molar-refractivity contribution in [2.45, 2.75) is 54.4 Å². The second-order valence-electron chi connectivity index (χ2n) is 6.94. The molecule has 0 fully saturated rings. The van der Waals surface area contributed by atoms with Crippen molar-refractivity contribution in [3.63, 3.8) is 0 Å². The van der Waals surface area contributed by atoms with Crippen LogP contribution < -0.4 is 0 Å². The number of benzene rings is 2. The molecule has 0 aliphatic heterocycles. The highest BCUT2D eigenvalue weighted by Crippen LogP contribution is 2.22. The molecule has 28 heavy (non-hydrogen) atoms. The Hall–Kier alpha value is -2.88.